The molecule has 0 spiro atoms. The van der Waals surface area contributed by atoms with Crippen molar-refractivity contribution in [2.24, 2.45) is 5.92 Å². The van der Waals surface area contributed by atoms with Gasteiger partial charge in [0, 0.05) is 36.8 Å². The molecule has 0 bridgehead atoms. The third kappa shape index (κ3) is 5.14. The van der Waals surface area contributed by atoms with Gasteiger partial charge in [0.25, 0.3) is 0 Å². The van der Waals surface area contributed by atoms with Crippen LogP contribution in [0.3, 0.4) is 0 Å². The zero-order chi connectivity index (χ0) is 23.3. The number of amides is 1. The van der Waals surface area contributed by atoms with Crippen LogP contribution in [0.1, 0.15) is 36.3 Å². The molecule has 178 valence electrons. The van der Waals surface area contributed by atoms with Gasteiger partial charge in [-0.05, 0) is 62.9 Å². The molecule has 5 rings (SSSR count). The van der Waals surface area contributed by atoms with Crippen LogP contribution < -0.4 is 10.2 Å². The van der Waals surface area contributed by atoms with Crippen molar-refractivity contribution in [3.8, 4) is 11.4 Å². The number of para-hydroxylation sites is 1. The molecular formula is C27H33N5O2. The smallest absolute Gasteiger partial charge is 0.241 e. The summed E-state index contributed by atoms with van der Waals surface area (Å²) in [5.74, 6) is 1.56. The molecule has 2 aliphatic rings. The summed E-state index contributed by atoms with van der Waals surface area (Å²) in [6.07, 6.45) is 3.82. The summed E-state index contributed by atoms with van der Waals surface area (Å²) in [5, 5.41) is 7.33. The Labute approximate surface area is 201 Å². The molecule has 1 amide bonds. The number of fused-ring (bicyclic) bond motifs is 1. The molecule has 0 aliphatic carbocycles. The number of rotatable bonds is 8. The van der Waals surface area contributed by atoms with Gasteiger partial charge >= 0.3 is 0 Å². The van der Waals surface area contributed by atoms with Gasteiger partial charge < -0.3 is 14.7 Å². The number of nitrogens with zero attached hydrogens (tertiary/aromatic N) is 4. The Kier molecular flexibility index (Phi) is 6.90. The minimum atomic E-state index is 0.0916. The molecule has 1 aromatic heterocycles. The third-order valence-corrected chi connectivity index (χ3v) is 7.06. The van der Waals surface area contributed by atoms with Crippen molar-refractivity contribution in [2.45, 2.75) is 39.2 Å². The quantitative estimate of drug-likeness (QED) is 0.516. The summed E-state index contributed by atoms with van der Waals surface area (Å²) in [5.41, 5.74) is 4.92. The average molecular weight is 460 g/mol. The summed E-state index contributed by atoms with van der Waals surface area (Å²) in [7, 11) is 0. The first-order valence-electron chi connectivity index (χ1n) is 12.4. The molecular weight excluding hydrogens is 426 g/mol. The lowest BCUT2D eigenvalue weighted by atomic mass is 9.96. The van der Waals surface area contributed by atoms with Gasteiger partial charge in [-0.25, -0.2) is 0 Å². The molecule has 1 saturated heterocycles. The molecule has 0 unspecified atom stereocenters. The minimum Gasteiger partial charge on any atom is -0.371 e. The zero-order valence-electron chi connectivity index (χ0n) is 19.9. The zero-order valence-corrected chi connectivity index (χ0v) is 19.9. The van der Waals surface area contributed by atoms with Crippen LogP contribution in [0.2, 0.25) is 0 Å². The minimum absolute atomic E-state index is 0.0916. The predicted octanol–water partition coefficient (Wildman–Crippen LogP) is 3.83. The Balaban J connectivity index is 1.02. The van der Waals surface area contributed by atoms with Crippen LogP contribution in [-0.4, -0.2) is 53.7 Å². The summed E-state index contributed by atoms with van der Waals surface area (Å²) in [4.78, 5) is 22.0. The van der Waals surface area contributed by atoms with Crippen molar-refractivity contribution >= 4 is 11.6 Å². The van der Waals surface area contributed by atoms with Crippen LogP contribution in [0, 0.1) is 12.8 Å². The molecule has 0 radical (unpaired) electrons. The number of carbonyl (C=O) groups is 1. The SMILES string of the molecule is Cc1ccccc1-c1noc(CN2CCC(C(=O)NCCCN3CCc4ccccc43)CC2)n1. The van der Waals surface area contributed by atoms with E-state index in [0.717, 1.165) is 69.5 Å². The van der Waals surface area contributed by atoms with Crippen LogP contribution >= 0.6 is 0 Å². The van der Waals surface area contributed by atoms with Crippen molar-refractivity contribution in [3.63, 3.8) is 0 Å². The fourth-order valence-electron chi connectivity index (χ4n) is 5.06. The predicted molar refractivity (Wildman–Crippen MR) is 132 cm³/mol. The molecule has 3 heterocycles. The van der Waals surface area contributed by atoms with E-state index in [2.05, 4.69) is 49.5 Å². The average Bonchev–Trinajstić information content (AvgIpc) is 3.50. The summed E-state index contributed by atoms with van der Waals surface area (Å²) >= 11 is 0. The Hall–Kier alpha value is -3.19. The maximum absolute atomic E-state index is 12.7. The molecule has 1 N–H and O–H groups in total. The third-order valence-electron chi connectivity index (χ3n) is 7.06. The molecule has 7 heteroatoms. The molecule has 0 atom stereocenters. The second kappa shape index (κ2) is 10.4. The Morgan fingerprint density at radius 3 is 2.74 bits per heavy atom. The Bertz CT molecular complexity index is 1120. The van der Waals surface area contributed by atoms with E-state index in [1.54, 1.807) is 0 Å². The summed E-state index contributed by atoms with van der Waals surface area (Å²) in [6, 6.07) is 16.7. The van der Waals surface area contributed by atoms with Crippen molar-refractivity contribution in [1.29, 1.82) is 0 Å². The van der Waals surface area contributed by atoms with Gasteiger partial charge in [-0.15, -0.1) is 0 Å². The number of carbonyl (C=O) groups excluding carboxylic acids is 1. The standard InChI is InChI=1S/C27H33N5O2/c1-20-7-2-4-9-23(20)26-29-25(34-30-26)19-31-16-11-22(12-17-31)27(33)28-14-6-15-32-18-13-21-8-3-5-10-24(21)32/h2-5,7-10,22H,6,11-19H2,1H3,(H,28,33). The second-order valence-corrected chi connectivity index (χ2v) is 9.39. The maximum atomic E-state index is 12.7. The van der Waals surface area contributed by atoms with Gasteiger partial charge in [-0.3, -0.25) is 9.69 Å². The van der Waals surface area contributed by atoms with Crippen LogP contribution in [0.25, 0.3) is 11.4 Å². The number of likely N-dealkylation sites (tertiary alicyclic amines) is 1. The van der Waals surface area contributed by atoms with Crippen molar-refractivity contribution in [1.82, 2.24) is 20.4 Å². The number of aryl methyl sites for hydroxylation is 1. The second-order valence-electron chi connectivity index (χ2n) is 9.39. The lowest BCUT2D eigenvalue weighted by Gasteiger charge is -2.30. The molecule has 34 heavy (non-hydrogen) atoms. The topological polar surface area (TPSA) is 74.5 Å². The van der Waals surface area contributed by atoms with Gasteiger partial charge in [-0.1, -0.05) is 47.6 Å². The van der Waals surface area contributed by atoms with E-state index in [0.29, 0.717) is 18.3 Å². The number of aromatic nitrogens is 2. The highest BCUT2D eigenvalue weighted by molar-refractivity contribution is 5.78. The number of piperidine rings is 1. The molecule has 2 aromatic carbocycles. The van der Waals surface area contributed by atoms with Crippen molar-refractivity contribution < 1.29 is 9.32 Å². The normalized spacial score (nSPS) is 16.6. The number of hydrogen-bond acceptors (Lipinski definition) is 6. The molecule has 2 aliphatic heterocycles. The van der Waals surface area contributed by atoms with E-state index in [1.165, 1.54) is 11.3 Å². The van der Waals surface area contributed by atoms with Crippen molar-refractivity contribution in [2.75, 3.05) is 37.6 Å². The highest BCUT2D eigenvalue weighted by Gasteiger charge is 2.26. The van der Waals surface area contributed by atoms with Gasteiger partial charge in [0.15, 0.2) is 0 Å². The molecule has 3 aromatic rings. The van der Waals surface area contributed by atoms with E-state index < -0.39 is 0 Å². The molecule has 0 saturated carbocycles. The maximum Gasteiger partial charge on any atom is 0.241 e. The first-order chi connectivity index (χ1) is 16.7. The van der Waals surface area contributed by atoms with E-state index in [1.807, 2.05) is 31.2 Å². The number of hydrogen-bond donors (Lipinski definition) is 1. The molecule has 1 fully saturated rings. The monoisotopic (exact) mass is 459 g/mol. The largest absolute Gasteiger partial charge is 0.371 e. The Morgan fingerprint density at radius 1 is 1.09 bits per heavy atom. The lowest BCUT2D eigenvalue weighted by Crippen LogP contribution is -2.40. The van der Waals surface area contributed by atoms with Gasteiger partial charge in [-0.2, -0.15) is 4.98 Å². The summed E-state index contributed by atoms with van der Waals surface area (Å²) in [6.45, 7) is 7.22. The number of anilines is 1. The van der Waals surface area contributed by atoms with Gasteiger partial charge in [0.2, 0.25) is 17.6 Å². The highest BCUT2D eigenvalue weighted by Crippen LogP contribution is 2.27. The first-order valence-corrected chi connectivity index (χ1v) is 12.4. The first kappa shape index (κ1) is 22.6. The summed E-state index contributed by atoms with van der Waals surface area (Å²) < 4.78 is 5.49. The fourth-order valence-corrected chi connectivity index (χ4v) is 5.06. The van der Waals surface area contributed by atoms with Gasteiger partial charge in [0.1, 0.15) is 0 Å². The fraction of sp³-hybridized carbons (Fsp3) is 0.444. The van der Waals surface area contributed by atoms with E-state index >= 15 is 0 Å². The van der Waals surface area contributed by atoms with Gasteiger partial charge in [0.05, 0.1) is 6.54 Å². The Morgan fingerprint density at radius 2 is 1.88 bits per heavy atom. The number of nitrogens with one attached hydrogen (secondary N) is 1. The van der Waals surface area contributed by atoms with Crippen LogP contribution in [0.4, 0.5) is 5.69 Å². The van der Waals surface area contributed by atoms with E-state index in [-0.39, 0.29) is 11.8 Å². The van der Waals surface area contributed by atoms with Crippen LogP contribution in [0.15, 0.2) is 53.1 Å². The van der Waals surface area contributed by atoms with Crippen LogP contribution in [0.5, 0.6) is 0 Å². The highest BCUT2D eigenvalue weighted by atomic mass is 16.5. The van der Waals surface area contributed by atoms with E-state index in [4.69, 9.17) is 4.52 Å². The number of benzene rings is 2. The van der Waals surface area contributed by atoms with Crippen LogP contribution in [-0.2, 0) is 17.8 Å². The lowest BCUT2D eigenvalue weighted by molar-refractivity contribution is -0.126. The molecule has 7 nitrogen and oxygen atoms in total. The van der Waals surface area contributed by atoms with Crippen molar-refractivity contribution in [3.05, 3.63) is 65.5 Å². The van der Waals surface area contributed by atoms with E-state index in [9.17, 15) is 4.79 Å².